The molecule has 2 unspecified atom stereocenters. The summed E-state index contributed by atoms with van der Waals surface area (Å²) in [7, 11) is 0. The average Bonchev–Trinajstić information content (AvgIpc) is 2.44. The summed E-state index contributed by atoms with van der Waals surface area (Å²) >= 11 is 0. The third kappa shape index (κ3) is 2.11. The molecule has 0 aromatic heterocycles. The van der Waals surface area contributed by atoms with Crippen molar-refractivity contribution in [2.75, 3.05) is 0 Å². The number of aliphatic hydroxyl groups is 1. The standard InChI is InChI=1S/C18H20O3/c1-11-6-5-9-18(2,10-11)14-15(19)12-7-3-4-8-13(12)16(20)17(14)21/h3-4,7-8,11,19H,5-6,9-10H2,1-2H3. The van der Waals surface area contributed by atoms with E-state index in [4.69, 9.17) is 0 Å². The van der Waals surface area contributed by atoms with E-state index in [0.29, 0.717) is 22.6 Å². The molecule has 0 aliphatic heterocycles. The first-order valence-corrected chi connectivity index (χ1v) is 7.56. The summed E-state index contributed by atoms with van der Waals surface area (Å²) < 4.78 is 0. The van der Waals surface area contributed by atoms with Gasteiger partial charge in [0.1, 0.15) is 5.76 Å². The molecule has 1 aromatic carbocycles. The first kappa shape index (κ1) is 14.1. The van der Waals surface area contributed by atoms with Gasteiger partial charge >= 0.3 is 0 Å². The second-order valence-electron chi connectivity index (χ2n) is 6.69. The zero-order chi connectivity index (χ0) is 15.2. The molecule has 0 amide bonds. The maximum atomic E-state index is 12.5. The maximum absolute atomic E-state index is 12.5. The van der Waals surface area contributed by atoms with E-state index in [0.717, 1.165) is 25.7 Å². The molecule has 1 fully saturated rings. The number of hydrogen-bond donors (Lipinski definition) is 1. The van der Waals surface area contributed by atoms with Gasteiger partial charge < -0.3 is 5.11 Å². The molecule has 0 heterocycles. The Labute approximate surface area is 124 Å². The first-order chi connectivity index (χ1) is 9.94. The highest BCUT2D eigenvalue weighted by molar-refractivity contribution is 6.52. The summed E-state index contributed by atoms with van der Waals surface area (Å²) in [5.74, 6) is -0.503. The van der Waals surface area contributed by atoms with Gasteiger partial charge in [-0.15, -0.1) is 0 Å². The van der Waals surface area contributed by atoms with E-state index >= 15 is 0 Å². The van der Waals surface area contributed by atoms with Gasteiger partial charge in [0, 0.05) is 16.5 Å². The number of ketones is 2. The zero-order valence-electron chi connectivity index (χ0n) is 12.5. The number of aliphatic hydroxyl groups excluding tert-OH is 1. The van der Waals surface area contributed by atoms with Crippen molar-refractivity contribution >= 4 is 17.3 Å². The number of carbonyl (C=O) groups excluding carboxylic acids is 2. The lowest BCUT2D eigenvalue weighted by Gasteiger charge is -2.39. The van der Waals surface area contributed by atoms with Crippen molar-refractivity contribution in [2.24, 2.45) is 11.3 Å². The predicted octanol–water partition coefficient (Wildman–Crippen LogP) is 3.94. The number of benzene rings is 1. The van der Waals surface area contributed by atoms with Crippen LogP contribution < -0.4 is 0 Å². The van der Waals surface area contributed by atoms with Gasteiger partial charge in [0.15, 0.2) is 0 Å². The summed E-state index contributed by atoms with van der Waals surface area (Å²) in [5.41, 5.74) is 0.743. The molecule has 2 atom stereocenters. The summed E-state index contributed by atoms with van der Waals surface area (Å²) in [4.78, 5) is 24.9. The molecule has 3 nitrogen and oxygen atoms in total. The quantitative estimate of drug-likeness (QED) is 0.795. The molecule has 3 heteroatoms. The van der Waals surface area contributed by atoms with Crippen LogP contribution in [0.2, 0.25) is 0 Å². The van der Waals surface area contributed by atoms with Crippen LogP contribution in [0.5, 0.6) is 0 Å². The van der Waals surface area contributed by atoms with Gasteiger partial charge in [0.2, 0.25) is 11.6 Å². The average molecular weight is 284 g/mol. The highest BCUT2D eigenvalue weighted by atomic mass is 16.3. The molecule has 0 radical (unpaired) electrons. The highest BCUT2D eigenvalue weighted by Crippen LogP contribution is 2.48. The number of Topliss-reactive ketones (excluding diaryl/α,β-unsaturated/α-hetero) is 2. The Morgan fingerprint density at radius 3 is 2.48 bits per heavy atom. The fourth-order valence-corrected chi connectivity index (χ4v) is 3.97. The number of fused-ring (bicyclic) bond motifs is 1. The van der Waals surface area contributed by atoms with Crippen LogP contribution in [0, 0.1) is 11.3 Å². The first-order valence-electron chi connectivity index (χ1n) is 7.56. The van der Waals surface area contributed by atoms with Crippen LogP contribution in [-0.4, -0.2) is 16.7 Å². The van der Waals surface area contributed by atoms with Gasteiger partial charge in [-0.1, -0.05) is 51.0 Å². The molecule has 110 valence electrons. The van der Waals surface area contributed by atoms with Gasteiger partial charge in [-0.25, -0.2) is 0 Å². The smallest absolute Gasteiger partial charge is 0.234 e. The third-order valence-electron chi connectivity index (χ3n) is 4.92. The second kappa shape index (κ2) is 4.83. The van der Waals surface area contributed by atoms with Gasteiger partial charge in [-0.05, 0) is 18.8 Å². The number of hydrogen-bond acceptors (Lipinski definition) is 3. The van der Waals surface area contributed by atoms with Crippen molar-refractivity contribution < 1.29 is 14.7 Å². The lowest BCUT2D eigenvalue weighted by Crippen LogP contribution is -2.36. The van der Waals surface area contributed by atoms with E-state index in [-0.39, 0.29) is 5.76 Å². The maximum Gasteiger partial charge on any atom is 0.234 e. The van der Waals surface area contributed by atoms with Crippen LogP contribution in [-0.2, 0) is 4.79 Å². The Bertz CT molecular complexity index is 656. The van der Waals surface area contributed by atoms with Crippen LogP contribution in [0.25, 0.3) is 5.76 Å². The normalized spacial score (nSPS) is 29.5. The molecule has 2 aliphatic rings. The Kier molecular flexibility index (Phi) is 3.23. The van der Waals surface area contributed by atoms with Crippen LogP contribution in [0.1, 0.15) is 55.5 Å². The fraction of sp³-hybridized carbons (Fsp3) is 0.444. The molecule has 0 saturated heterocycles. The predicted molar refractivity (Wildman–Crippen MR) is 81.1 cm³/mol. The lowest BCUT2D eigenvalue weighted by molar-refractivity contribution is -0.113. The molecule has 21 heavy (non-hydrogen) atoms. The van der Waals surface area contributed by atoms with Gasteiger partial charge in [0.05, 0.1) is 5.57 Å². The Morgan fingerprint density at radius 2 is 1.81 bits per heavy atom. The van der Waals surface area contributed by atoms with Crippen molar-refractivity contribution in [3.8, 4) is 0 Å². The SMILES string of the molecule is CC1CCCC(C)(C2=C(O)c3ccccc3C(=O)C2=O)C1. The second-order valence-corrected chi connectivity index (χ2v) is 6.69. The largest absolute Gasteiger partial charge is 0.507 e. The van der Waals surface area contributed by atoms with Crippen molar-refractivity contribution in [2.45, 2.75) is 39.5 Å². The number of allylic oxidation sites excluding steroid dienone is 1. The van der Waals surface area contributed by atoms with Crippen LogP contribution in [0.15, 0.2) is 29.8 Å². The molecule has 2 aliphatic carbocycles. The van der Waals surface area contributed by atoms with Crippen LogP contribution in [0.4, 0.5) is 0 Å². The van der Waals surface area contributed by atoms with Crippen molar-refractivity contribution in [1.29, 1.82) is 0 Å². The molecule has 1 N–H and O–H groups in total. The minimum Gasteiger partial charge on any atom is -0.507 e. The minimum atomic E-state index is -0.525. The zero-order valence-corrected chi connectivity index (χ0v) is 12.5. The monoisotopic (exact) mass is 284 g/mol. The van der Waals surface area contributed by atoms with Gasteiger partial charge in [0.25, 0.3) is 0 Å². The van der Waals surface area contributed by atoms with E-state index < -0.39 is 17.0 Å². The minimum absolute atomic E-state index is 0.00630. The number of rotatable bonds is 1. The van der Waals surface area contributed by atoms with Crippen LogP contribution in [0.3, 0.4) is 0 Å². The molecule has 0 spiro atoms. The molecular weight excluding hydrogens is 264 g/mol. The van der Waals surface area contributed by atoms with Crippen molar-refractivity contribution in [3.05, 3.63) is 41.0 Å². The van der Waals surface area contributed by atoms with Crippen molar-refractivity contribution in [3.63, 3.8) is 0 Å². The van der Waals surface area contributed by atoms with E-state index in [1.807, 2.05) is 6.92 Å². The topological polar surface area (TPSA) is 54.4 Å². The van der Waals surface area contributed by atoms with Gasteiger partial charge in [-0.3, -0.25) is 9.59 Å². The Balaban J connectivity index is 2.17. The molecule has 3 rings (SSSR count). The summed E-state index contributed by atoms with van der Waals surface area (Å²) in [6, 6.07) is 6.81. The highest BCUT2D eigenvalue weighted by Gasteiger charge is 2.44. The Hall–Kier alpha value is -1.90. The summed E-state index contributed by atoms with van der Waals surface area (Å²) in [6.45, 7) is 4.17. The summed E-state index contributed by atoms with van der Waals surface area (Å²) in [5, 5.41) is 10.6. The number of carbonyl (C=O) groups is 2. The van der Waals surface area contributed by atoms with Gasteiger partial charge in [-0.2, -0.15) is 0 Å². The fourth-order valence-electron chi connectivity index (χ4n) is 3.97. The Morgan fingerprint density at radius 1 is 1.14 bits per heavy atom. The summed E-state index contributed by atoms with van der Waals surface area (Å²) in [6.07, 6.45) is 3.85. The van der Waals surface area contributed by atoms with Crippen LogP contribution >= 0.6 is 0 Å². The third-order valence-corrected chi connectivity index (χ3v) is 4.92. The van der Waals surface area contributed by atoms with Crippen molar-refractivity contribution in [1.82, 2.24) is 0 Å². The molecule has 0 bridgehead atoms. The lowest BCUT2D eigenvalue weighted by atomic mass is 9.64. The van der Waals surface area contributed by atoms with E-state index in [1.54, 1.807) is 24.3 Å². The van der Waals surface area contributed by atoms with E-state index in [1.165, 1.54) is 0 Å². The molecule has 1 saturated carbocycles. The van der Waals surface area contributed by atoms with E-state index in [2.05, 4.69) is 6.92 Å². The molecule has 1 aromatic rings. The van der Waals surface area contributed by atoms with E-state index in [9.17, 15) is 14.7 Å². The molecular formula is C18H20O3.